The third-order valence-electron chi connectivity index (χ3n) is 6.28. The number of carbonyl (C=O) groups excluding carboxylic acids is 2. The molecular weight excluding hydrogens is 486 g/mol. The highest BCUT2D eigenvalue weighted by Crippen LogP contribution is 2.27. The van der Waals surface area contributed by atoms with Crippen LogP contribution < -0.4 is 4.74 Å². The highest BCUT2D eigenvalue weighted by Gasteiger charge is 2.30. The van der Waals surface area contributed by atoms with E-state index in [1.54, 1.807) is 30.1 Å². The molecule has 0 aromatic heterocycles. The first-order valence-corrected chi connectivity index (χ1v) is 12.2. The van der Waals surface area contributed by atoms with Crippen molar-refractivity contribution in [2.75, 3.05) is 26.7 Å². The summed E-state index contributed by atoms with van der Waals surface area (Å²) >= 11 is 6.16. The molecule has 0 saturated heterocycles. The maximum atomic E-state index is 14.6. The molecule has 36 heavy (non-hydrogen) atoms. The molecule has 0 spiro atoms. The van der Waals surface area contributed by atoms with Gasteiger partial charge >= 0.3 is 0 Å². The number of halogens is 3. The topological polar surface area (TPSA) is 49.9 Å². The van der Waals surface area contributed by atoms with Gasteiger partial charge in [-0.15, -0.1) is 0 Å². The van der Waals surface area contributed by atoms with Gasteiger partial charge in [-0.3, -0.25) is 9.59 Å². The van der Waals surface area contributed by atoms with Crippen molar-refractivity contribution >= 4 is 23.4 Å². The third kappa shape index (κ3) is 5.85. The molecule has 3 aromatic carbocycles. The number of hydrogen-bond acceptors (Lipinski definition) is 3. The van der Waals surface area contributed by atoms with Gasteiger partial charge in [0.15, 0.2) is 0 Å². The minimum absolute atomic E-state index is 0.0162. The van der Waals surface area contributed by atoms with Gasteiger partial charge in [-0.2, -0.15) is 0 Å². The Labute approximate surface area is 214 Å². The van der Waals surface area contributed by atoms with Crippen LogP contribution in [0, 0.1) is 11.6 Å². The van der Waals surface area contributed by atoms with Crippen molar-refractivity contribution in [2.45, 2.75) is 25.3 Å². The summed E-state index contributed by atoms with van der Waals surface area (Å²) in [6.07, 6.45) is 1.53. The molecule has 5 nitrogen and oxygen atoms in total. The number of benzene rings is 3. The molecule has 0 aliphatic carbocycles. The van der Waals surface area contributed by atoms with E-state index in [2.05, 4.69) is 0 Å². The quantitative estimate of drug-likeness (QED) is 0.458. The molecule has 4 rings (SSSR count). The van der Waals surface area contributed by atoms with Crippen molar-refractivity contribution in [3.63, 3.8) is 0 Å². The molecule has 1 atom stereocenters. The van der Waals surface area contributed by atoms with Crippen molar-refractivity contribution in [3.8, 4) is 5.75 Å². The summed E-state index contributed by atoms with van der Waals surface area (Å²) in [7, 11) is 1.69. The lowest BCUT2D eigenvalue weighted by Crippen LogP contribution is -2.46. The van der Waals surface area contributed by atoms with Crippen LogP contribution in [-0.4, -0.2) is 54.4 Å². The Balaban J connectivity index is 1.74. The van der Waals surface area contributed by atoms with Crippen molar-refractivity contribution in [2.24, 2.45) is 0 Å². The van der Waals surface area contributed by atoms with Crippen molar-refractivity contribution < 1.29 is 23.1 Å². The van der Waals surface area contributed by atoms with Gasteiger partial charge in [0, 0.05) is 25.2 Å². The van der Waals surface area contributed by atoms with Crippen molar-refractivity contribution in [1.82, 2.24) is 9.80 Å². The average molecular weight is 513 g/mol. The normalized spacial score (nSPS) is 17.0. The van der Waals surface area contributed by atoms with E-state index in [1.165, 1.54) is 11.0 Å². The summed E-state index contributed by atoms with van der Waals surface area (Å²) in [4.78, 5) is 29.7. The van der Waals surface area contributed by atoms with E-state index < -0.39 is 29.1 Å². The second-order valence-electron chi connectivity index (χ2n) is 8.82. The minimum Gasteiger partial charge on any atom is -0.491 e. The second kappa shape index (κ2) is 11.5. The van der Waals surface area contributed by atoms with Crippen molar-refractivity contribution in [3.05, 3.63) is 100 Å². The van der Waals surface area contributed by atoms with E-state index in [4.69, 9.17) is 16.3 Å². The first-order chi connectivity index (χ1) is 17.3. The Kier molecular flexibility index (Phi) is 8.21. The minimum atomic E-state index is -0.907. The smallest absolute Gasteiger partial charge is 0.260 e. The van der Waals surface area contributed by atoms with Crippen LogP contribution >= 0.6 is 11.6 Å². The van der Waals surface area contributed by atoms with Gasteiger partial charge < -0.3 is 14.5 Å². The van der Waals surface area contributed by atoms with Crippen LogP contribution in [0.2, 0.25) is 5.02 Å². The number of nitrogens with zero attached hydrogens (tertiary/aromatic N) is 2. The van der Waals surface area contributed by atoms with Crippen LogP contribution in [0.4, 0.5) is 8.78 Å². The molecule has 188 valence electrons. The van der Waals surface area contributed by atoms with Crippen LogP contribution in [0.3, 0.4) is 0 Å². The van der Waals surface area contributed by atoms with Gasteiger partial charge in [0.25, 0.3) is 11.8 Å². The molecule has 2 amide bonds. The summed E-state index contributed by atoms with van der Waals surface area (Å²) in [5, 5.41) is 0.402. The molecule has 1 aliphatic heterocycles. The van der Waals surface area contributed by atoms with Crippen LogP contribution in [-0.2, 0) is 6.42 Å². The lowest BCUT2D eigenvalue weighted by Gasteiger charge is -2.33. The largest absolute Gasteiger partial charge is 0.491 e. The third-order valence-corrected chi connectivity index (χ3v) is 6.52. The van der Waals surface area contributed by atoms with Crippen LogP contribution in [0.25, 0.3) is 0 Å². The van der Waals surface area contributed by atoms with E-state index in [-0.39, 0.29) is 19.1 Å². The lowest BCUT2D eigenvalue weighted by molar-refractivity contribution is 0.0581. The van der Waals surface area contributed by atoms with E-state index in [0.717, 1.165) is 17.7 Å². The average Bonchev–Trinajstić information content (AvgIpc) is 2.86. The SMILES string of the molecule is CN1CCCCN(C(=O)c2c(F)cccc2F)[C@@H](Cc2ccccc2)COc2ccc(Cl)cc2C1=O. The Bertz CT molecular complexity index is 1220. The van der Waals surface area contributed by atoms with E-state index in [9.17, 15) is 18.4 Å². The fourth-order valence-corrected chi connectivity index (χ4v) is 4.53. The Morgan fingerprint density at radius 1 is 1.00 bits per heavy atom. The van der Waals surface area contributed by atoms with Gasteiger partial charge in [0.2, 0.25) is 0 Å². The molecule has 1 aliphatic rings. The maximum Gasteiger partial charge on any atom is 0.260 e. The number of carbonyl (C=O) groups is 2. The molecular formula is C28H27ClF2N2O3. The Morgan fingerprint density at radius 2 is 1.69 bits per heavy atom. The van der Waals surface area contributed by atoms with Crippen molar-refractivity contribution in [1.29, 1.82) is 0 Å². The first-order valence-electron chi connectivity index (χ1n) is 11.8. The van der Waals surface area contributed by atoms with Gasteiger partial charge in [-0.25, -0.2) is 8.78 Å². The maximum absolute atomic E-state index is 14.6. The molecule has 1 heterocycles. The fourth-order valence-electron chi connectivity index (χ4n) is 4.36. The monoisotopic (exact) mass is 512 g/mol. The van der Waals surface area contributed by atoms with Crippen LogP contribution in [0.1, 0.15) is 39.1 Å². The van der Waals surface area contributed by atoms with E-state index >= 15 is 0 Å². The first kappa shape index (κ1) is 25.6. The van der Waals surface area contributed by atoms with E-state index in [0.29, 0.717) is 42.1 Å². The highest BCUT2D eigenvalue weighted by molar-refractivity contribution is 6.31. The Hall–Kier alpha value is -3.45. The van der Waals surface area contributed by atoms with Gasteiger partial charge in [-0.1, -0.05) is 48.0 Å². The number of rotatable bonds is 3. The van der Waals surface area contributed by atoms with Crippen LogP contribution in [0.15, 0.2) is 66.7 Å². The van der Waals surface area contributed by atoms with Gasteiger partial charge in [0.05, 0.1) is 11.6 Å². The molecule has 0 N–H and O–H groups in total. The zero-order valence-corrected chi connectivity index (χ0v) is 20.7. The molecule has 0 fully saturated rings. The molecule has 0 unspecified atom stereocenters. The standard InChI is InChI=1S/C28H27ClF2N2O3/c1-32-14-5-6-15-33(28(35)26-23(30)10-7-11-24(26)31)21(16-19-8-3-2-4-9-19)18-36-25-13-12-20(29)17-22(25)27(32)34/h2-4,7-13,17,21H,5-6,14-16,18H2,1H3/t21-/m0/s1. The molecule has 0 bridgehead atoms. The lowest BCUT2D eigenvalue weighted by atomic mass is 10.0. The Morgan fingerprint density at radius 3 is 2.42 bits per heavy atom. The zero-order chi connectivity index (χ0) is 25.7. The number of ether oxygens (including phenoxy) is 1. The summed E-state index contributed by atoms with van der Waals surface area (Å²) in [5.41, 5.74) is 0.682. The number of amides is 2. The zero-order valence-electron chi connectivity index (χ0n) is 19.9. The second-order valence-corrected chi connectivity index (χ2v) is 9.26. The fraction of sp³-hybridized carbons (Fsp3) is 0.286. The predicted molar refractivity (Wildman–Crippen MR) is 134 cm³/mol. The highest BCUT2D eigenvalue weighted by atomic mass is 35.5. The molecule has 0 saturated carbocycles. The van der Waals surface area contributed by atoms with Gasteiger partial charge in [0.1, 0.15) is 29.6 Å². The molecule has 8 heteroatoms. The summed E-state index contributed by atoms with van der Waals surface area (Å²) in [5.74, 6) is -2.42. The number of hydrogen-bond donors (Lipinski definition) is 0. The van der Waals surface area contributed by atoms with Crippen LogP contribution in [0.5, 0.6) is 5.75 Å². The molecule has 0 radical (unpaired) electrons. The predicted octanol–water partition coefficient (Wildman–Crippen LogP) is 5.62. The molecule has 3 aromatic rings. The van der Waals surface area contributed by atoms with Gasteiger partial charge in [-0.05, 0) is 55.2 Å². The summed E-state index contributed by atoms with van der Waals surface area (Å²) in [6, 6.07) is 17.2. The summed E-state index contributed by atoms with van der Waals surface area (Å²) < 4.78 is 35.3. The van der Waals surface area contributed by atoms with E-state index in [1.807, 2.05) is 30.3 Å². The summed E-state index contributed by atoms with van der Waals surface area (Å²) in [6.45, 7) is 0.704. The number of fused-ring (bicyclic) bond motifs is 1.